The van der Waals surface area contributed by atoms with Crippen molar-refractivity contribution in [1.29, 1.82) is 0 Å². The molecule has 1 saturated heterocycles. The normalized spacial score (nSPS) is 32.1. The van der Waals surface area contributed by atoms with Crippen LogP contribution in [0.1, 0.15) is 49.5 Å². The maximum absolute atomic E-state index is 12.4. The molecule has 5 heteroatoms. The van der Waals surface area contributed by atoms with Crippen molar-refractivity contribution < 1.29 is 4.79 Å². The SMILES string of the molecule is C[C@@H]1CC[C@H]2[C@@H](CCCN2C(=O)c2cnsn2)C1. The minimum atomic E-state index is 0.0907. The molecule has 1 aliphatic heterocycles. The number of hydrogen-bond acceptors (Lipinski definition) is 4. The first-order valence-electron chi connectivity index (χ1n) is 6.84. The number of fused-ring (bicyclic) bond motifs is 1. The molecular formula is C13H19N3OS. The molecule has 98 valence electrons. The van der Waals surface area contributed by atoms with Gasteiger partial charge in [0.2, 0.25) is 0 Å². The molecule has 0 bridgehead atoms. The smallest absolute Gasteiger partial charge is 0.275 e. The fourth-order valence-corrected chi connectivity index (χ4v) is 3.96. The third kappa shape index (κ3) is 2.16. The van der Waals surface area contributed by atoms with Crippen molar-refractivity contribution in [3.8, 4) is 0 Å². The van der Waals surface area contributed by atoms with Crippen LogP contribution in [-0.2, 0) is 0 Å². The Morgan fingerprint density at radius 3 is 3.11 bits per heavy atom. The summed E-state index contributed by atoms with van der Waals surface area (Å²) in [6, 6.07) is 0.448. The Bertz CT molecular complexity index is 420. The van der Waals surface area contributed by atoms with E-state index in [-0.39, 0.29) is 5.91 Å². The first kappa shape index (κ1) is 12.1. The van der Waals surface area contributed by atoms with Crippen molar-refractivity contribution in [3.05, 3.63) is 11.9 Å². The van der Waals surface area contributed by atoms with Gasteiger partial charge in [-0.1, -0.05) is 6.92 Å². The van der Waals surface area contributed by atoms with Crippen molar-refractivity contribution in [2.75, 3.05) is 6.54 Å². The minimum Gasteiger partial charge on any atom is -0.334 e. The minimum absolute atomic E-state index is 0.0907. The van der Waals surface area contributed by atoms with E-state index >= 15 is 0 Å². The van der Waals surface area contributed by atoms with E-state index in [0.717, 1.165) is 37.0 Å². The van der Waals surface area contributed by atoms with Crippen LogP contribution < -0.4 is 0 Å². The first-order chi connectivity index (χ1) is 8.75. The van der Waals surface area contributed by atoms with Gasteiger partial charge in [0.1, 0.15) is 0 Å². The highest BCUT2D eigenvalue weighted by Gasteiger charge is 2.38. The summed E-state index contributed by atoms with van der Waals surface area (Å²) in [6.07, 6.45) is 7.71. The molecule has 18 heavy (non-hydrogen) atoms. The molecule has 1 aliphatic carbocycles. The maximum Gasteiger partial charge on any atom is 0.275 e. The lowest BCUT2D eigenvalue weighted by Gasteiger charge is -2.45. The molecule has 2 aliphatic rings. The van der Waals surface area contributed by atoms with Gasteiger partial charge in [0.15, 0.2) is 5.69 Å². The van der Waals surface area contributed by atoms with Gasteiger partial charge >= 0.3 is 0 Å². The number of piperidine rings is 1. The fourth-order valence-electron chi connectivity index (χ4n) is 3.55. The van der Waals surface area contributed by atoms with Crippen molar-refractivity contribution in [3.63, 3.8) is 0 Å². The average molecular weight is 265 g/mol. The van der Waals surface area contributed by atoms with E-state index < -0.39 is 0 Å². The second-order valence-electron chi connectivity index (χ2n) is 5.68. The summed E-state index contributed by atoms with van der Waals surface area (Å²) in [7, 11) is 0. The monoisotopic (exact) mass is 265 g/mol. The zero-order valence-electron chi connectivity index (χ0n) is 10.7. The third-order valence-corrected chi connectivity index (χ3v) is 4.90. The van der Waals surface area contributed by atoms with E-state index in [1.54, 1.807) is 6.20 Å². The molecule has 1 aromatic rings. The molecule has 2 heterocycles. The van der Waals surface area contributed by atoms with Gasteiger partial charge in [0.05, 0.1) is 17.9 Å². The molecule has 3 rings (SSSR count). The molecule has 1 aromatic heterocycles. The van der Waals surface area contributed by atoms with Crippen molar-refractivity contribution >= 4 is 17.6 Å². The Labute approximate surface area is 112 Å². The van der Waals surface area contributed by atoms with E-state index in [4.69, 9.17) is 0 Å². The van der Waals surface area contributed by atoms with Crippen molar-refractivity contribution in [2.24, 2.45) is 11.8 Å². The van der Waals surface area contributed by atoms with Crippen LogP contribution in [-0.4, -0.2) is 32.1 Å². The largest absolute Gasteiger partial charge is 0.334 e. The Morgan fingerprint density at radius 2 is 2.33 bits per heavy atom. The lowest BCUT2D eigenvalue weighted by Crippen LogP contribution is -2.50. The molecule has 1 saturated carbocycles. The summed E-state index contributed by atoms with van der Waals surface area (Å²) < 4.78 is 8.02. The Balaban J connectivity index is 1.77. The second-order valence-corrected chi connectivity index (χ2v) is 6.24. The predicted molar refractivity (Wildman–Crippen MR) is 70.5 cm³/mol. The topological polar surface area (TPSA) is 46.1 Å². The molecule has 1 amide bonds. The quantitative estimate of drug-likeness (QED) is 0.784. The Hall–Kier alpha value is -0.970. The second kappa shape index (κ2) is 4.96. The zero-order valence-corrected chi connectivity index (χ0v) is 11.5. The Kier molecular flexibility index (Phi) is 3.33. The van der Waals surface area contributed by atoms with E-state index in [2.05, 4.69) is 20.6 Å². The van der Waals surface area contributed by atoms with E-state index in [0.29, 0.717) is 17.7 Å². The predicted octanol–water partition coefficient (Wildman–Crippen LogP) is 2.58. The summed E-state index contributed by atoms with van der Waals surface area (Å²) in [4.78, 5) is 14.5. The highest BCUT2D eigenvalue weighted by Crippen LogP contribution is 2.38. The zero-order chi connectivity index (χ0) is 12.5. The van der Waals surface area contributed by atoms with Crippen LogP contribution in [0, 0.1) is 11.8 Å². The summed E-state index contributed by atoms with van der Waals surface area (Å²) in [5.74, 6) is 1.62. The van der Waals surface area contributed by atoms with E-state index in [1.807, 2.05) is 0 Å². The lowest BCUT2D eigenvalue weighted by atomic mass is 9.74. The number of rotatable bonds is 1. The standard InChI is InChI=1S/C13H19N3OS/c1-9-4-5-12-10(7-9)3-2-6-16(12)13(17)11-8-14-18-15-11/h8-10,12H,2-7H2,1H3/t9-,10+,12+/m1/s1. The molecule has 0 radical (unpaired) electrons. The average Bonchev–Trinajstić information content (AvgIpc) is 2.90. The van der Waals surface area contributed by atoms with Crippen LogP contribution in [0.5, 0.6) is 0 Å². The molecule has 0 N–H and O–H groups in total. The summed E-state index contributed by atoms with van der Waals surface area (Å²) >= 11 is 1.11. The number of likely N-dealkylation sites (tertiary alicyclic amines) is 1. The number of carbonyl (C=O) groups excluding carboxylic acids is 1. The van der Waals surface area contributed by atoms with Gasteiger partial charge in [0.25, 0.3) is 5.91 Å². The number of carbonyl (C=O) groups is 1. The molecule has 0 aromatic carbocycles. The van der Waals surface area contributed by atoms with Crippen LogP contribution in [0.4, 0.5) is 0 Å². The molecular weight excluding hydrogens is 246 g/mol. The maximum atomic E-state index is 12.4. The van der Waals surface area contributed by atoms with Gasteiger partial charge in [0, 0.05) is 12.6 Å². The summed E-state index contributed by atoms with van der Waals surface area (Å²) in [6.45, 7) is 3.23. The van der Waals surface area contributed by atoms with Crippen LogP contribution in [0.15, 0.2) is 6.20 Å². The molecule has 4 nitrogen and oxygen atoms in total. The summed E-state index contributed by atoms with van der Waals surface area (Å²) in [5, 5.41) is 0. The Morgan fingerprint density at radius 1 is 1.44 bits per heavy atom. The molecule has 0 unspecified atom stereocenters. The van der Waals surface area contributed by atoms with Gasteiger partial charge in [-0.15, -0.1) is 0 Å². The molecule has 0 spiro atoms. The molecule has 2 fully saturated rings. The van der Waals surface area contributed by atoms with Crippen LogP contribution in [0.3, 0.4) is 0 Å². The highest BCUT2D eigenvalue weighted by atomic mass is 32.1. The summed E-state index contributed by atoms with van der Waals surface area (Å²) in [5.41, 5.74) is 0.527. The highest BCUT2D eigenvalue weighted by molar-refractivity contribution is 6.99. The van der Waals surface area contributed by atoms with Gasteiger partial charge < -0.3 is 4.90 Å². The molecule has 3 atom stereocenters. The van der Waals surface area contributed by atoms with Crippen LogP contribution in [0.2, 0.25) is 0 Å². The van der Waals surface area contributed by atoms with Crippen LogP contribution >= 0.6 is 11.7 Å². The van der Waals surface area contributed by atoms with E-state index in [9.17, 15) is 4.79 Å². The van der Waals surface area contributed by atoms with Crippen molar-refractivity contribution in [1.82, 2.24) is 13.6 Å². The third-order valence-electron chi connectivity index (χ3n) is 4.42. The number of hydrogen-bond donors (Lipinski definition) is 0. The van der Waals surface area contributed by atoms with Gasteiger partial charge in [-0.25, -0.2) is 0 Å². The number of nitrogens with zero attached hydrogens (tertiary/aromatic N) is 3. The van der Waals surface area contributed by atoms with Crippen molar-refractivity contribution in [2.45, 2.75) is 45.1 Å². The number of amides is 1. The van der Waals surface area contributed by atoms with Gasteiger partial charge in [-0.05, 0) is 43.9 Å². The first-order valence-corrected chi connectivity index (χ1v) is 7.57. The van der Waals surface area contributed by atoms with Crippen LogP contribution in [0.25, 0.3) is 0 Å². The fraction of sp³-hybridized carbons (Fsp3) is 0.769. The lowest BCUT2D eigenvalue weighted by molar-refractivity contribution is 0.0318. The van der Waals surface area contributed by atoms with E-state index in [1.165, 1.54) is 19.3 Å². The van der Waals surface area contributed by atoms with Gasteiger partial charge in [-0.3, -0.25) is 4.79 Å². The van der Waals surface area contributed by atoms with Gasteiger partial charge in [-0.2, -0.15) is 8.75 Å². The number of aromatic nitrogens is 2.